The van der Waals surface area contributed by atoms with Gasteiger partial charge in [0.2, 0.25) is 3.79 Å². The van der Waals surface area contributed by atoms with E-state index < -0.39 is 3.79 Å². The van der Waals surface area contributed by atoms with E-state index in [2.05, 4.69) is 0 Å². The van der Waals surface area contributed by atoms with Crippen LogP contribution >= 0.6 is 34.8 Å². The van der Waals surface area contributed by atoms with E-state index in [-0.39, 0.29) is 5.92 Å². The first-order valence-corrected chi connectivity index (χ1v) is 6.91. The third-order valence-corrected chi connectivity index (χ3v) is 3.56. The first-order chi connectivity index (χ1) is 9.02. The molecule has 0 unspecified atom stereocenters. The highest BCUT2D eigenvalue weighted by atomic mass is 35.6. The molecule has 0 fully saturated rings. The lowest BCUT2D eigenvalue weighted by Gasteiger charge is -2.25. The second-order valence-corrected chi connectivity index (χ2v) is 6.53. The lowest BCUT2D eigenvalue weighted by molar-refractivity contribution is 0.414. The van der Waals surface area contributed by atoms with Gasteiger partial charge in [-0.3, -0.25) is 0 Å². The second-order valence-electron chi connectivity index (χ2n) is 4.16. The molecule has 0 amide bonds. The maximum absolute atomic E-state index is 6.14. The van der Waals surface area contributed by atoms with E-state index in [1.54, 1.807) is 7.11 Å². The van der Waals surface area contributed by atoms with Gasteiger partial charge < -0.3 is 4.74 Å². The van der Waals surface area contributed by atoms with Crippen LogP contribution in [0.5, 0.6) is 5.75 Å². The number of rotatable bonds is 3. The third-order valence-electron chi connectivity index (χ3n) is 2.91. The average molecular weight is 316 g/mol. The quantitative estimate of drug-likeness (QED) is 0.708. The monoisotopic (exact) mass is 314 g/mol. The Bertz CT molecular complexity index is 517. The molecule has 0 aliphatic carbocycles. The zero-order valence-corrected chi connectivity index (χ0v) is 12.6. The topological polar surface area (TPSA) is 9.23 Å². The summed E-state index contributed by atoms with van der Waals surface area (Å²) in [6.07, 6.45) is 0. The van der Waals surface area contributed by atoms with Crippen LogP contribution < -0.4 is 4.74 Å². The Hall–Kier alpha value is -0.890. The molecular formula is C15H13Cl3O. The van der Waals surface area contributed by atoms with Crippen LogP contribution in [0.25, 0.3) is 0 Å². The number of halogens is 3. The van der Waals surface area contributed by atoms with Crippen molar-refractivity contribution in [3.05, 3.63) is 65.7 Å². The van der Waals surface area contributed by atoms with Crippen LogP contribution in [0.1, 0.15) is 17.0 Å². The van der Waals surface area contributed by atoms with E-state index in [0.717, 1.165) is 16.9 Å². The predicted octanol–water partition coefficient (Wildman–Crippen LogP) is 5.20. The van der Waals surface area contributed by atoms with Crippen molar-refractivity contribution in [1.82, 2.24) is 0 Å². The van der Waals surface area contributed by atoms with Gasteiger partial charge in [-0.15, -0.1) is 0 Å². The molecule has 2 rings (SSSR count). The van der Waals surface area contributed by atoms with Crippen molar-refractivity contribution in [3.63, 3.8) is 0 Å². The number of alkyl halides is 3. The van der Waals surface area contributed by atoms with Crippen molar-refractivity contribution < 1.29 is 4.74 Å². The van der Waals surface area contributed by atoms with Gasteiger partial charge in [-0.1, -0.05) is 77.3 Å². The Kier molecular flexibility index (Phi) is 4.62. The number of benzene rings is 2. The van der Waals surface area contributed by atoms with Gasteiger partial charge in [0.15, 0.2) is 0 Å². The summed E-state index contributed by atoms with van der Waals surface area (Å²) >= 11 is 18.4. The van der Waals surface area contributed by atoms with Gasteiger partial charge >= 0.3 is 0 Å². The highest BCUT2D eigenvalue weighted by Crippen LogP contribution is 2.45. The molecule has 0 N–H and O–H groups in total. The van der Waals surface area contributed by atoms with Crippen LogP contribution in [0.15, 0.2) is 54.6 Å². The lowest BCUT2D eigenvalue weighted by Crippen LogP contribution is -2.18. The fraction of sp³-hybridized carbons (Fsp3) is 0.200. The molecule has 4 heteroatoms. The first kappa shape index (κ1) is 14.5. The largest absolute Gasteiger partial charge is 0.497 e. The van der Waals surface area contributed by atoms with E-state index in [1.807, 2.05) is 54.6 Å². The molecule has 19 heavy (non-hydrogen) atoms. The summed E-state index contributed by atoms with van der Waals surface area (Å²) in [7, 11) is 1.62. The van der Waals surface area contributed by atoms with E-state index in [4.69, 9.17) is 39.5 Å². The van der Waals surface area contributed by atoms with Gasteiger partial charge in [-0.05, 0) is 23.3 Å². The lowest BCUT2D eigenvalue weighted by atomic mass is 9.92. The minimum atomic E-state index is -1.41. The normalized spacial score (nSPS) is 13.1. The summed E-state index contributed by atoms with van der Waals surface area (Å²) < 4.78 is 3.73. The van der Waals surface area contributed by atoms with Crippen LogP contribution in [0.4, 0.5) is 0 Å². The van der Waals surface area contributed by atoms with Crippen LogP contribution in [-0.2, 0) is 0 Å². The van der Waals surface area contributed by atoms with Crippen molar-refractivity contribution in [2.45, 2.75) is 9.71 Å². The van der Waals surface area contributed by atoms with Crippen molar-refractivity contribution in [2.24, 2.45) is 0 Å². The van der Waals surface area contributed by atoms with Gasteiger partial charge in [-0.25, -0.2) is 0 Å². The minimum Gasteiger partial charge on any atom is -0.497 e. The zero-order valence-electron chi connectivity index (χ0n) is 10.3. The molecule has 0 aromatic heterocycles. The minimum absolute atomic E-state index is 0.315. The summed E-state index contributed by atoms with van der Waals surface area (Å²) in [5.74, 6) is 0.462. The molecule has 2 aromatic rings. The molecule has 0 radical (unpaired) electrons. The van der Waals surface area contributed by atoms with Crippen LogP contribution in [0.2, 0.25) is 0 Å². The maximum Gasteiger partial charge on any atom is 0.201 e. The highest BCUT2D eigenvalue weighted by Gasteiger charge is 2.35. The van der Waals surface area contributed by atoms with Crippen molar-refractivity contribution >= 4 is 34.8 Å². The van der Waals surface area contributed by atoms with E-state index >= 15 is 0 Å². The van der Waals surface area contributed by atoms with Crippen molar-refractivity contribution in [3.8, 4) is 5.75 Å². The Morgan fingerprint density at radius 1 is 0.842 bits per heavy atom. The molecule has 0 saturated heterocycles. The number of hydrogen-bond donors (Lipinski definition) is 0. The summed E-state index contributed by atoms with van der Waals surface area (Å²) in [6, 6.07) is 17.3. The maximum atomic E-state index is 6.14. The summed E-state index contributed by atoms with van der Waals surface area (Å²) in [6.45, 7) is 0. The molecule has 0 spiro atoms. The molecule has 0 aliphatic rings. The highest BCUT2D eigenvalue weighted by molar-refractivity contribution is 6.68. The van der Waals surface area contributed by atoms with Crippen LogP contribution in [0, 0.1) is 0 Å². The Balaban J connectivity index is 2.43. The molecule has 0 aliphatic heterocycles. The predicted molar refractivity (Wildman–Crippen MR) is 81.6 cm³/mol. The van der Waals surface area contributed by atoms with Gasteiger partial charge in [0.05, 0.1) is 13.0 Å². The fourth-order valence-corrected chi connectivity index (χ4v) is 2.77. The molecule has 2 aromatic carbocycles. The van der Waals surface area contributed by atoms with Crippen molar-refractivity contribution in [1.29, 1.82) is 0 Å². The van der Waals surface area contributed by atoms with E-state index in [1.165, 1.54) is 0 Å². The average Bonchev–Trinajstić information content (AvgIpc) is 2.39. The first-order valence-electron chi connectivity index (χ1n) is 5.78. The Labute approximate surface area is 128 Å². The number of ether oxygens (including phenoxy) is 1. The molecule has 1 nitrogen and oxygen atoms in total. The Morgan fingerprint density at radius 3 is 1.84 bits per heavy atom. The fourth-order valence-electron chi connectivity index (χ4n) is 2.01. The standard InChI is InChI=1S/C15H13Cl3O/c1-19-13-9-7-12(8-10-13)14(15(16,17)18)11-5-3-2-4-6-11/h2-10,14H,1H3/t14-/m1/s1. The van der Waals surface area contributed by atoms with Gasteiger partial charge in [0.1, 0.15) is 5.75 Å². The molecule has 0 heterocycles. The SMILES string of the molecule is COc1ccc([C@@H](c2ccccc2)C(Cl)(Cl)Cl)cc1. The Morgan fingerprint density at radius 2 is 1.37 bits per heavy atom. The summed E-state index contributed by atoms with van der Waals surface area (Å²) in [5, 5.41) is 0. The van der Waals surface area contributed by atoms with Crippen LogP contribution in [-0.4, -0.2) is 10.9 Å². The molecule has 100 valence electrons. The van der Waals surface area contributed by atoms with Crippen LogP contribution in [0.3, 0.4) is 0 Å². The zero-order chi connectivity index (χ0) is 13.9. The van der Waals surface area contributed by atoms with Crippen molar-refractivity contribution in [2.75, 3.05) is 7.11 Å². The molecule has 0 saturated carbocycles. The van der Waals surface area contributed by atoms with Gasteiger partial charge in [-0.2, -0.15) is 0 Å². The third kappa shape index (κ3) is 3.56. The second kappa shape index (κ2) is 6.04. The summed E-state index contributed by atoms with van der Waals surface area (Å²) in [5.41, 5.74) is 1.90. The smallest absolute Gasteiger partial charge is 0.201 e. The van der Waals surface area contributed by atoms with E-state index in [9.17, 15) is 0 Å². The summed E-state index contributed by atoms with van der Waals surface area (Å²) in [4.78, 5) is 0. The molecule has 1 atom stereocenters. The van der Waals surface area contributed by atoms with E-state index in [0.29, 0.717) is 0 Å². The van der Waals surface area contributed by atoms with Gasteiger partial charge in [0, 0.05) is 0 Å². The van der Waals surface area contributed by atoms with Gasteiger partial charge in [0.25, 0.3) is 0 Å². The molecule has 0 bridgehead atoms. The number of hydrogen-bond acceptors (Lipinski definition) is 1. The molecular weight excluding hydrogens is 303 g/mol. The number of methoxy groups -OCH3 is 1.